The van der Waals surface area contributed by atoms with Crippen molar-refractivity contribution in [3.8, 4) is 0 Å². The molecule has 1 N–H and O–H groups in total. The van der Waals surface area contributed by atoms with Gasteiger partial charge in [0.15, 0.2) is 0 Å². The zero-order valence-corrected chi connectivity index (χ0v) is 10.1. The first-order valence-corrected chi connectivity index (χ1v) is 7.38. The van der Waals surface area contributed by atoms with E-state index in [4.69, 9.17) is 11.6 Å². The molecule has 2 aliphatic rings. The van der Waals surface area contributed by atoms with Crippen LogP contribution in [0.2, 0.25) is 0 Å². The van der Waals surface area contributed by atoms with Gasteiger partial charge >= 0.3 is 0 Å². The Morgan fingerprint density at radius 3 is 2.47 bits per heavy atom. The molecule has 0 radical (unpaired) electrons. The topological polar surface area (TPSA) is 57.6 Å². The zero-order valence-electron chi connectivity index (χ0n) is 8.52. The molecule has 0 unspecified atom stereocenters. The van der Waals surface area contributed by atoms with Crippen molar-refractivity contribution in [2.75, 3.05) is 24.7 Å². The fourth-order valence-corrected chi connectivity index (χ4v) is 3.91. The molecular formula is C9H16ClNO3S. The van der Waals surface area contributed by atoms with E-state index in [1.807, 2.05) is 0 Å². The highest BCUT2D eigenvalue weighted by molar-refractivity contribution is 7.89. The predicted octanol–water partition coefficient (Wildman–Crippen LogP) is 0.402. The molecule has 0 aromatic carbocycles. The number of alkyl halides is 1. The van der Waals surface area contributed by atoms with Gasteiger partial charge in [-0.2, -0.15) is 4.31 Å². The summed E-state index contributed by atoms with van der Waals surface area (Å²) in [6.07, 6.45) is 2.54. The van der Waals surface area contributed by atoms with E-state index in [1.54, 1.807) is 0 Å². The number of β-amino-alcohol motifs (C(OH)–C–C–N with tert-alkyl or cyclic N) is 1. The van der Waals surface area contributed by atoms with Crippen LogP contribution in [-0.4, -0.2) is 48.2 Å². The minimum atomic E-state index is -3.17. The van der Waals surface area contributed by atoms with Gasteiger partial charge in [-0.1, -0.05) is 0 Å². The molecule has 6 heteroatoms. The Morgan fingerprint density at radius 1 is 1.40 bits per heavy atom. The third-order valence-electron chi connectivity index (χ3n) is 3.17. The highest BCUT2D eigenvalue weighted by Crippen LogP contribution is 2.45. The molecule has 2 fully saturated rings. The molecule has 88 valence electrons. The van der Waals surface area contributed by atoms with Crippen molar-refractivity contribution in [2.45, 2.75) is 24.9 Å². The van der Waals surface area contributed by atoms with Gasteiger partial charge in [-0.05, 0) is 25.2 Å². The molecule has 1 aliphatic heterocycles. The monoisotopic (exact) mass is 253 g/mol. The molecular weight excluding hydrogens is 238 g/mol. The molecule has 1 saturated heterocycles. The number of hydrogen-bond acceptors (Lipinski definition) is 3. The molecule has 15 heavy (non-hydrogen) atoms. The third-order valence-corrected chi connectivity index (χ3v) is 5.28. The van der Waals surface area contributed by atoms with Crippen LogP contribution in [0.3, 0.4) is 0 Å². The molecule has 1 aliphatic carbocycles. The number of hydrogen-bond donors (Lipinski definition) is 1. The molecule has 2 rings (SSSR count). The Kier molecular flexibility index (Phi) is 3.01. The van der Waals surface area contributed by atoms with Gasteiger partial charge in [0.2, 0.25) is 10.0 Å². The average molecular weight is 254 g/mol. The molecule has 0 spiro atoms. The van der Waals surface area contributed by atoms with Crippen molar-refractivity contribution in [1.82, 2.24) is 4.31 Å². The second-order valence-electron chi connectivity index (χ2n) is 4.50. The standard InChI is InChI=1S/C9H16ClNO3S/c10-4-1-5-15(13,14)11-6-9(12,7-11)8-2-3-8/h8,12H,1-7H2. The number of sulfonamides is 1. The SMILES string of the molecule is O=S(=O)(CCCCl)N1CC(O)(C2CC2)C1. The number of rotatable bonds is 5. The summed E-state index contributed by atoms with van der Waals surface area (Å²) < 4.78 is 24.7. The Balaban J connectivity index is 1.87. The van der Waals surface area contributed by atoms with Crippen LogP contribution in [0.25, 0.3) is 0 Å². The fourth-order valence-electron chi connectivity index (χ4n) is 2.01. The van der Waals surface area contributed by atoms with Gasteiger partial charge in [0.1, 0.15) is 0 Å². The summed E-state index contributed by atoms with van der Waals surface area (Å²) in [5.74, 6) is 0.786. The molecule has 1 saturated carbocycles. The molecule has 4 nitrogen and oxygen atoms in total. The molecule has 0 atom stereocenters. The minimum absolute atomic E-state index is 0.0945. The van der Waals surface area contributed by atoms with E-state index < -0.39 is 15.6 Å². The van der Waals surface area contributed by atoms with Crippen LogP contribution >= 0.6 is 11.6 Å². The summed E-state index contributed by atoms with van der Waals surface area (Å²) in [6.45, 7) is 0.560. The van der Waals surface area contributed by atoms with Gasteiger partial charge in [0.25, 0.3) is 0 Å². The van der Waals surface area contributed by atoms with Gasteiger partial charge in [-0.25, -0.2) is 8.42 Å². The van der Waals surface area contributed by atoms with Crippen LogP contribution in [0.4, 0.5) is 0 Å². The minimum Gasteiger partial charge on any atom is -0.387 e. The van der Waals surface area contributed by atoms with Crippen LogP contribution in [0.1, 0.15) is 19.3 Å². The lowest BCUT2D eigenvalue weighted by atomic mass is 9.91. The summed E-state index contributed by atoms with van der Waals surface area (Å²) in [5.41, 5.74) is -0.728. The van der Waals surface area contributed by atoms with Crippen molar-refractivity contribution < 1.29 is 13.5 Å². The van der Waals surface area contributed by atoms with Crippen molar-refractivity contribution in [2.24, 2.45) is 5.92 Å². The normalized spacial score (nSPS) is 26.3. The molecule has 1 heterocycles. The van der Waals surface area contributed by atoms with Gasteiger partial charge in [-0.15, -0.1) is 11.6 Å². The maximum atomic E-state index is 11.7. The second-order valence-corrected chi connectivity index (χ2v) is 6.97. The van der Waals surface area contributed by atoms with E-state index in [-0.39, 0.29) is 18.8 Å². The van der Waals surface area contributed by atoms with Crippen LogP contribution in [0.15, 0.2) is 0 Å². The first-order valence-electron chi connectivity index (χ1n) is 5.24. The van der Waals surface area contributed by atoms with E-state index in [0.29, 0.717) is 18.2 Å². The van der Waals surface area contributed by atoms with Gasteiger partial charge in [-0.3, -0.25) is 0 Å². The predicted molar refractivity (Wildman–Crippen MR) is 58.4 cm³/mol. The molecule has 0 amide bonds. The smallest absolute Gasteiger partial charge is 0.214 e. The number of nitrogens with zero attached hydrogens (tertiary/aromatic N) is 1. The van der Waals surface area contributed by atoms with Crippen LogP contribution in [0, 0.1) is 5.92 Å². The van der Waals surface area contributed by atoms with Crippen LogP contribution < -0.4 is 0 Å². The fraction of sp³-hybridized carbons (Fsp3) is 1.00. The number of aliphatic hydroxyl groups is 1. The lowest BCUT2D eigenvalue weighted by Crippen LogP contribution is -2.64. The quantitative estimate of drug-likeness (QED) is 0.722. The Bertz CT molecular complexity index is 333. The summed E-state index contributed by atoms with van der Waals surface area (Å²) in [6, 6.07) is 0. The van der Waals surface area contributed by atoms with Crippen molar-refractivity contribution in [3.05, 3.63) is 0 Å². The summed E-state index contributed by atoms with van der Waals surface area (Å²) in [7, 11) is -3.17. The second kappa shape index (κ2) is 3.87. The Hall–Kier alpha value is 0.160. The number of halogens is 1. The summed E-state index contributed by atoms with van der Waals surface area (Å²) in [5, 5.41) is 9.98. The van der Waals surface area contributed by atoms with E-state index >= 15 is 0 Å². The molecule has 0 aromatic rings. The van der Waals surface area contributed by atoms with Crippen LogP contribution in [-0.2, 0) is 10.0 Å². The van der Waals surface area contributed by atoms with E-state index in [0.717, 1.165) is 12.8 Å². The zero-order chi connectivity index (χ0) is 11.1. The first-order chi connectivity index (χ1) is 6.98. The van der Waals surface area contributed by atoms with Crippen molar-refractivity contribution >= 4 is 21.6 Å². The van der Waals surface area contributed by atoms with E-state index in [2.05, 4.69) is 0 Å². The Labute approximate surface area is 95.3 Å². The lowest BCUT2D eigenvalue weighted by Gasteiger charge is -2.45. The van der Waals surface area contributed by atoms with Gasteiger partial charge in [0.05, 0.1) is 11.4 Å². The average Bonchev–Trinajstić information content (AvgIpc) is 2.92. The van der Waals surface area contributed by atoms with Gasteiger partial charge < -0.3 is 5.11 Å². The highest BCUT2D eigenvalue weighted by Gasteiger charge is 2.54. The van der Waals surface area contributed by atoms with E-state index in [9.17, 15) is 13.5 Å². The third kappa shape index (κ3) is 2.30. The lowest BCUT2D eigenvalue weighted by molar-refractivity contribution is -0.0764. The van der Waals surface area contributed by atoms with Crippen LogP contribution in [0.5, 0.6) is 0 Å². The summed E-state index contributed by atoms with van der Waals surface area (Å²) >= 11 is 5.46. The maximum Gasteiger partial charge on any atom is 0.214 e. The highest BCUT2D eigenvalue weighted by atomic mass is 35.5. The summed E-state index contributed by atoms with van der Waals surface area (Å²) in [4.78, 5) is 0. The largest absolute Gasteiger partial charge is 0.387 e. The van der Waals surface area contributed by atoms with E-state index in [1.165, 1.54) is 4.31 Å². The first kappa shape index (κ1) is 11.6. The molecule has 0 aromatic heterocycles. The Morgan fingerprint density at radius 2 is 2.00 bits per heavy atom. The maximum absolute atomic E-state index is 11.7. The van der Waals surface area contributed by atoms with Crippen molar-refractivity contribution in [1.29, 1.82) is 0 Å². The molecule has 0 bridgehead atoms. The van der Waals surface area contributed by atoms with Gasteiger partial charge in [0, 0.05) is 19.0 Å². The van der Waals surface area contributed by atoms with Crippen molar-refractivity contribution in [3.63, 3.8) is 0 Å².